The SMILES string of the molecule is COC(=O)C(C)(c1ccccc1)c1ccccc1I. The Morgan fingerprint density at radius 1 is 1.05 bits per heavy atom. The number of hydrogen-bond acceptors (Lipinski definition) is 2. The van der Waals surface area contributed by atoms with Gasteiger partial charge in [0.2, 0.25) is 0 Å². The Labute approximate surface area is 126 Å². The molecular weight excluding hydrogens is 351 g/mol. The predicted octanol–water partition coefficient (Wildman–Crippen LogP) is 3.77. The van der Waals surface area contributed by atoms with Crippen molar-refractivity contribution in [1.82, 2.24) is 0 Å². The molecule has 2 aromatic rings. The fraction of sp³-hybridized carbons (Fsp3) is 0.188. The highest BCUT2D eigenvalue weighted by molar-refractivity contribution is 14.1. The molecule has 0 N–H and O–H groups in total. The van der Waals surface area contributed by atoms with Gasteiger partial charge >= 0.3 is 5.97 Å². The van der Waals surface area contributed by atoms with Gasteiger partial charge in [-0.25, -0.2) is 0 Å². The van der Waals surface area contributed by atoms with Crippen molar-refractivity contribution in [3.05, 3.63) is 69.3 Å². The Bertz CT molecular complexity index is 580. The van der Waals surface area contributed by atoms with Crippen LogP contribution in [0.3, 0.4) is 0 Å². The molecule has 0 radical (unpaired) electrons. The van der Waals surface area contributed by atoms with Crippen LogP contribution in [0.5, 0.6) is 0 Å². The Morgan fingerprint density at radius 2 is 1.63 bits per heavy atom. The third-order valence-electron chi connectivity index (χ3n) is 3.36. The Kier molecular flexibility index (Phi) is 4.24. The van der Waals surface area contributed by atoms with Gasteiger partial charge in [-0.3, -0.25) is 4.79 Å². The zero-order chi connectivity index (χ0) is 13.9. The number of carbonyl (C=O) groups excluding carboxylic acids is 1. The molecule has 0 heterocycles. The van der Waals surface area contributed by atoms with Crippen molar-refractivity contribution >= 4 is 28.6 Å². The predicted molar refractivity (Wildman–Crippen MR) is 84.1 cm³/mol. The molecule has 19 heavy (non-hydrogen) atoms. The van der Waals surface area contributed by atoms with Gasteiger partial charge in [-0.05, 0) is 46.7 Å². The average Bonchev–Trinajstić information content (AvgIpc) is 2.47. The highest BCUT2D eigenvalue weighted by atomic mass is 127. The topological polar surface area (TPSA) is 26.3 Å². The van der Waals surface area contributed by atoms with Crippen LogP contribution in [0, 0.1) is 3.57 Å². The van der Waals surface area contributed by atoms with Gasteiger partial charge in [-0.1, -0.05) is 48.5 Å². The molecule has 0 bridgehead atoms. The fourth-order valence-electron chi connectivity index (χ4n) is 2.23. The molecule has 0 aliphatic rings. The first kappa shape index (κ1) is 14.1. The Balaban J connectivity index is 2.66. The van der Waals surface area contributed by atoms with E-state index < -0.39 is 5.41 Å². The lowest BCUT2D eigenvalue weighted by Crippen LogP contribution is -2.35. The van der Waals surface area contributed by atoms with Crippen molar-refractivity contribution in [1.29, 1.82) is 0 Å². The highest BCUT2D eigenvalue weighted by Gasteiger charge is 2.39. The fourth-order valence-corrected chi connectivity index (χ4v) is 3.15. The van der Waals surface area contributed by atoms with E-state index in [2.05, 4.69) is 22.6 Å². The average molecular weight is 366 g/mol. The van der Waals surface area contributed by atoms with E-state index in [9.17, 15) is 4.79 Å². The number of carbonyl (C=O) groups is 1. The van der Waals surface area contributed by atoms with Crippen LogP contribution < -0.4 is 0 Å². The number of esters is 1. The second kappa shape index (κ2) is 5.74. The summed E-state index contributed by atoms with van der Waals surface area (Å²) in [6.07, 6.45) is 0. The van der Waals surface area contributed by atoms with Crippen LogP contribution >= 0.6 is 22.6 Å². The van der Waals surface area contributed by atoms with Gasteiger partial charge in [0.05, 0.1) is 7.11 Å². The first-order valence-corrected chi connectivity index (χ1v) is 7.07. The summed E-state index contributed by atoms with van der Waals surface area (Å²) >= 11 is 2.25. The van der Waals surface area contributed by atoms with E-state index in [-0.39, 0.29) is 5.97 Å². The minimum Gasteiger partial charge on any atom is -0.468 e. The number of rotatable bonds is 3. The quantitative estimate of drug-likeness (QED) is 0.611. The van der Waals surface area contributed by atoms with Crippen LogP contribution in [0.4, 0.5) is 0 Å². The number of hydrogen-bond donors (Lipinski definition) is 0. The molecule has 0 saturated carbocycles. The smallest absolute Gasteiger partial charge is 0.320 e. The first-order valence-electron chi connectivity index (χ1n) is 5.99. The molecule has 3 heteroatoms. The third kappa shape index (κ3) is 2.52. The molecule has 2 aromatic carbocycles. The summed E-state index contributed by atoms with van der Waals surface area (Å²) in [6, 6.07) is 17.6. The van der Waals surface area contributed by atoms with Crippen LogP contribution in [0.2, 0.25) is 0 Å². The molecule has 1 atom stereocenters. The molecule has 2 nitrogen and oxygen atoms in total. The maximum atomic E-state index is 12.4. The largest absolute Gasteiger partial charge is 0.468 e. The molecule has 0 spiro atoms. The summed E-state index contributed by atoms with van der Waals surface area (Å²) < 4.78 is 6.09. The van der Waals surface area contributed by atoms with Crippen LogP contribution in [-0.2, 0) is 14.9 Å². The van der Waals surface area contributed by atoms with Gasteiger partial charge in [0.25, 0.3) is 0 Å². The van der Waals surface area contributed by atoms with E-state index in [0.717, 1.165) is 14.7 Å². The number of benzene rings is 2. The Morgan fingerprint density at radius 3 is 2.21 bits per heavy atom. The second-order valence-electron chi connectivity index (χ2n) is 4.46. The van der Waals surface area contributed by atoms with E-state index in [1.165, 1.54) is 7.11 Å². The van der Waals surface area contributed by atoms with Gasteiger partial charge < -0.3 is 4.74 Å². The lowest BCUT2D eigenvalue weighted by atomic mass is 9.76. The molecule has 1 unspecified atom stereocenters. The van der Waals surface area contributed by atoms with E-state index >= 15 is 0 Å². The van der Waals surface area contributed by atoms with Crippen molar-refractivity contribution in [3.8, 4) is 0 Å². The summed E-state index contributed by atoms with van der Waals surface area (Å²) in [6.45, 7) is 1.91. The molecule has 2 rings (SSSR count). The molecule has 98 valence electrons. The van der Waals surface area contributed by atoms with E-state index in [0.29, 0.717) is 0 Å². The molecule has 0 aliphatic carbocycles. The molecule has 0 fully saturated rings. The Hall–Kier alpha value is -1.36. The normalized spacial score (nSPS) is 13.6. The van der Waals surface area contributed by atoms with Crippen molar-refractivity contribution < 1.29 is 9.53 Å². The summed E-state index contributed by atoms with van der Waals surface area (Å²) in [7, 11) is 1.43. The third-order valence-corrected chi connectivity index (χ3v) is 4.30. The van der Waals surface area contributed by atoms with Crippen LogP contribution in [0.1, 0.15) is 18.1 Å². The lowest BCUT2D eigenvalue weighted by Gasteiger charge is -2.28. The molecule has 0 aliphatic heterocycles. The van der Waals surface area contributed by atoms with Gasteiger partial charge in [-0.15, -0.1) is 0 Å². The number of ether oxygens (including phenoxy) is 1. The van der Waals surface area contributed by atoms with E-state index in [1.54, 1.807) is 0 Å². The number of methoxy groups -OCH3 is 1. The summed E-state index contributed by atoms with van der Waals surface area (Å²) in [5.41, 5.74) is 1.12. The minimum atomic E-state index is -0.784. The van der Waals surface area contributed by atoms with E-state index in [1.807, 2.05) is 61.5 Å². The maximum absolute atomic E-state index is 12.4. The zero-order valence-electron chi connectivity index (χ0n) is 10.9. The molecule has 0 saturated heterocycles. The van der Waals surface area contributed by atoms with Gasteiger partial charge in [-0.2, -0.15) is 0 Å². The summed E-state index contributed by atoms with van der Waals surface area (Å²) in [5.74, 6) is -0.247. The maximum Gasteiger partial charge on any atom is 0.320 e. The van der Waals surface area contributed by atoms with Crippen molar-refractivity contribution in [2.75, 3.05) is 7.11 Å². The monoisotopic (exact) mass is 366 g/mol. The second-order valence-corrected chi connectivity index (χ2v) is 5.62. The van der Waals surface area contributed by atoms with Crippen molar-refractivity contribution in [2.45, 2.75) is 12.3 Å². The van der Waals surface area contributed by atoms with Crippen LogP contribution in [0.15, 0.2) is 54.6 Å². The highest BCUT2D eigenvalue weighted by Crippen LogP contribution is 2.35. The van der Waals surface area contributed by atoms with Crippen LogP contribution in [0.25, 0.3) is 0 Å². The van der Waals surface area contributed by atoms with Crippen molar-refractivity contribution in [2.24, 2.45) is 0 Å². The standard InChI is InChI=1S/C16H15IO2/c1-16(15(18)19-2,12-8-4-3-5-9-12)13-10-6-7-11-14(13)17/h3-11H,1-2H3. The van der Waals surface area contributed by atoms with Crippen molar-refractivity contribution in [3.63, 3.8) is 0 Å². The van der Waals surface area contributed by atoms with Gasteiger partial charge in [0, 0.05) is 3.57 Å². The number of halogens is 1. The minimum absolute atomic E-state index is 0.247. The molecular formula is C16H15IO2. The first-order chi connectivity index (χ1) is 9.10. The van der Waals surface area contributed by atoms with Gasteiger partial charge in [0.15, 0.2) is 0 Å². The molecule has 0 amide bonds. The summed E-state index contributed by atoms with van der Waals surface area (Å²) in [5, 5.41) is 0. The zero-order valence-corrected chi connectivity index (χ0v) is 13.0. The van der Waals surface area contributed by atoms with E-state index in [4.69, 9.17) is 4.74 Å². The summed E-state index contributed by atoms with van der Waals surface area (Å²) in [4.78, 5) is 12.4. The van der Waals surface area contributed by atoms with Gasteiger partial charge in [0.1, 0.15) is 5.41 Å². The molecule has 0 aromatic heterocycles. The van der Waals surface area contributed by atoms with Crippen LogP contribution in [-0.4, -0.2) is 13.1 Å². The lowest BCUT2D eigenvalue weighted by molar-refractivity contribution is -0.145.